The zero-order valence-electron chi connectivity index (χ0n) is 15.5. The van der Waals surface area contributed by atoms with Gasteiger partial charge in [0.15, 0.2) is 11.6 Å². The number of para-hydroxylation sites is 1. The second kappa shape index (κ2) is 8.75. The highest BCUT2D eigenvalue weighted by Gasteiger charge is 2.26. The van der Waals surface area contributed by atoms with E-state index in [0.29, 0.717) is 31.1 Å². The predicted molar refractivity (Wildman–Crippen MR) is 111 cm³/mol. The number of rotatable bonds is 5. The van der Waals surface area contributed by atoms with Crippen molar-refractivity contribution in [1.29, 1.82) is 0 Å². The number of ether oxygens (including phenoxy) is 1. The van der Waals surface area contributed by atoms with Crippen molar-refractivity contribution in [3.63, 3.8) is 0 Å². The predicted octanol–water partition coefficient (Wildman–Crippen LogP) is 4.13. The summed E-state index contributed by atoms with van der Waals surface area (Å²) in [7, 11) is 0. The van der Waals surface area contributed by atoms with Crippen LogP contribution in [0, 0.1) is 5.82 Å². The average Bonchev–Trinajstić information content (AvgIpc) is 3.45. The van der Waals surface area contributed by atoms with E-state index in [1.807, 2.05) is 22.9 Å². The Hall–Kier alpha value is -2.71. The summed E-state index contributed by atoms with van der Waals surface area (Å²) in [6, 6.07) is 11.7. The van der Waals surface area contributed by atoms with Crippen LogP contribution < -0.4 is 4.74 Å². The summed E-state index contributed by atoms with van der Waals surface area (Å²) < 4.78 is 19.1. The standard InChI is InChI=1S/C21H19FN2O3S2/c22-16-4-1-2-5-17(16)27-13-15-12-19(29-14-15)21(26)24-9-7-23(8-10-24)20(25)18-6-3-11-28-18/h1-6,11-12,14H,7-10,13H2. The first-order valence-electron chi connectivity index (χ1n) is 9.18. The zero-order valence-corrected chi connectivity index (χ0v) is 17.2. The van der Waals surface area contributed by atoms with Gasteiger partial charge in [-0.3, -0.25) is 9.59 Å². The van der Waals surface area contributed by atoms with Crippen molar-refractivity contribution < 1.29 is 18.7 Å². The number of hydrogen-bond donors (Lipinski definition) is 0. The Morgan fingerprint density at radius 1 is 0.931 bits per heavy atom. The van der Waals surface area contributed by atoms with Crippen molar-refractivity contribution >= 4 is 34.5 Å². The van der Waals surface area contributed by atoms with Gasteiger partial charge in [0.1, 0.15) is 6.61 Å². The summed E-state index contributed by atoms with van der Waals surface area (Å²) in [5, 5.41) is 3.74. The van der Waals surface area contributed by atoms with E-state index >= 15 is 0 Å². The molecule has 0 bridgehead atoms. The number of thiophene rings is 2. The summed E-state index contributed by atoms with van der Waals surface area (Å²) in [6.45, 7) is 2.27. The minimum absolute atomic E-state index is 0.0239. The van der Waals surface area contributed by atoms with Crippen molar-refractivity contribution in [2.45, 2.75) is 6.61 Å². The summed E-state index contributed by atoms with van der Waals surface area (Å²) in [5.41, 5.74) is 0.827. The molecule has 29 heavy (non-hydrogen) atoms. The van der Waals surface area contributed by atoms with Gasteiger partial charge in [0, 0.05) is 31.7 Å². The molecule has 3 heterocycles. The maximum absolute atomic E-state index is 13.6. The van der Waals surface area contributed by atoms with Gasteiger partial charge in [-0.05, 0) is 35.0 Å². The first-order valence-corrected chi connectivity index (χ1v) is 10.9. The van der Waals surface area contributed by atoms with E-state index in [0.717, 1.165) is 10.4 Å². The van der Waals surface area contributed by atoms with Gasteiger partial charge in [0.25, 0.3) is 11.8 Å². The molecule has 0 radical (unpaired) electrons. The molecule has 8 heteroatoms. The van der Waals surface area contributed by atoms with Crippen LogP contribution in [0.4, 0.5) is 4.39 Å². The molecule has 4 rings (SSSR count). The lowest BCUT2D eigenvalue weighted by atomic mass is 10.2. The highest BCUT2D eigenvalue weighted by Crippen LogP contribution is 2.22. The fraction of sp³-hybridized carbons (Fsp3) is 0.238. The molecule has 0 unspecified atom stereocenters. The van der Waals surface area contributed by atoms with Gasteiger partial charge in [-0.25, -0.2) is 4.39 Å². The van der Waals surface area contributed by atoms with Crippen molar-refractivity contribution in [3.8, 4) is 5.75 Å². The van der Waals surface area contributed by atoms with Gasteiger partial charge in [0.05, 0.1) is 9.75 Å². The number of piperazine rings is 1. The van der Waals surface area contributed by atoms with Gasteiger partial charge < -0.3 is 14.5 Å². The molecule has 1 saturated heterocycles. The quantitative estimate of drug-likeness (QED) is 0.612. The van der Waals surface area contributed by atoms with E-state index < -0.39 is 5.82 Å². The van der Waals surface area contributed by atoms with E-state index in [9.17, 15) is 14.0 Å². The van der Waals surface area contributed by atoms with E-state index in [-0.39, 0.29) is 24.2 Å². The second-order valence-electron chi connectivity index (χ2n) is 6.60. The first kappa shape index (κ1) is 19.6. The number of carbonyl (C=O) groups excluding carboxylic acids is 2. The summed E-state index contributed by atoms with van der Waals surface area (Å²) >= 11 is 2.78. The summed E-state index contributed by atoms with van der Waals surface area (Å²) in [6.07, 6.45) is 0. The van der Waals surface area contributed by atoms with Crippen molar-refractivity contribution in [3.05, 3.63) is 74.4 Å². The lowest BCUT2D eigenvalue weighted by molar-refractivity contribution is 0.0540. The van der Waals surface area contributed by atoms with Crippen LogP contribution in [-0.4, -0.2) is 47.8 Å². The number of halogens is 1. The largest absolute Gasteiger partial charge is 0.486 e. The molecule has 0 aliphatic carbocycles. The van der Waals surface area contributed by atoms with E-state index in [1.165, 1.54) is 28.7 Å². The lowest BCUT2D eigenvalue weighted by Crippen LogP contribution is -2.50. The Labute approximate surface area is 175 Å². The maximum Gasteiger partial charge on any atom is 0.264 e. The molecular formula is C21H19FN2O3S2. The third kappa shape index (κ3) is 4.49. The molecule has 2 amide bonds. The number of carbonyl (C=O) groups is 2. The van der Waals surface area contributed by atoms with Crippen LogP contribution in [0.3, 0.4) is 0 Å². The summed E-state index contributed by atoms with van der Waals surface area (Å²) in [4.78, 5) is 30.1. The van der Waals surface area contributed by atoms with Gasteiger partial charge >= 0.3 is 0 Å². The van der Waals surface area contributed by atoms with Gasteiger partial charge in [-0.15, -0.1) is 22.7 Å². The fourth-order valence-corrected chi connectivity index (χ4v) is 4.67. The molecule has 5 nitrogen and oxygen atoms in total. The highest BCUT2D eigenvalue weighted by molar-refractivity contribution is 7.12. The van der Waals surface area contributed by atoms with Crippen molar-refractivity contribution in [1.82, 2.24) is 9.80 Å². The van der Waals surface area contributed by atoms with Gasteiger partial charge in [0.2, 0.25) is 0 Å². The maximum atomic E-state index is 13.6. The van der Waals surface area contributed by atoms with Crippen LogP contribution in [-0.2, 0) is 6.61 Å². The molecule has 1 aliphatic heterocycles. The molecule has 1 fully saturated rings. The Kier molecular flexibility index (Phi) is 5.92. The minimum atomic E-state index is -0.408. The topological polar surface area (TPSA) is 49.9 Å². The Balaban J connectivity index is 1.31. The Morgan fingerprint density at radius 2 is 1.62 bits per heavy atom. The van der Waals surface area contributed by atoms with Gasteiger partial charge in [-0.1, -0.05) is 18.2 Å². The van der Waals surface area contributed by atoms with Crippen LogP contribution in [0.25, 0.3) is 0 Å². The second-order valence-corrected chi connectivity index (χ2v) is 8.46. The average molecular weight is 431 g/mol. The van der Waals surface area contributed by atoms with Crippen LogP contribution in [0.1, 0.15) is 24.9 Å². The monoisotopic (exact) mass is 430 g/mol. The van der Waals surface area contributed by atoms with Gasteiger partial charge in [-0.2, -0.15) is 0 Å². The molecule has 2 aromatic heterocycles. The molecule has 0 atom stereocenters. The van der Waals surface area contributed by atoms with Crippen molar-refractivity contribution in [2.75, 3.05) is 26.2 Å². The zero-order chi connectivity index (χ0) is 20.2. The minimum Gasteiger partial charge on any atom is -0.486 e. The molecule has 0 saturated carbocycles. The highest BCUT2D eigenvalue weighted by atomic mass is 32.1. The smallest absolute Gasteiger partial charge is 0.264 e. The number of nitrogens with zero attached hydrogens (tertiary/aromatic N) is 2. The molecule has 0 spiro atoms. The normalized spacial score (nSPS) is 14.1. The Morgan fingerprint density at radius 3 is 2.28 bits per heavy atom. The molecule has 1 aromatic carbocycles. The number of benzene rings is 1. The van der Waals surface area contributed by atoms with E-state index in [4.69, 9.17) is 4.74 Å². The van der Waals surface area contributed by atoms with Crippen LogP contribution in [0.5, 0.6) is 5.75 Å². The third-order valence-corrected chi connectivity index (χ3v) is 6.51. The van der Waals surface area contributed by atoms with Crippen molar-refractivity contribution in [2.24, 2.45) is 0 Å². The van der Waals surface area contributed by atoms with Crippen LogP contribution >= 0.6 is 22.7 Å². The van der Waals surface area contributed by atoms with E-state index in [1.54, 1.807) is 34.1 Å². The van der Waals surface area contributed by atoms with Crippen LogP contribution in [0.2, 0.25) is 0 Å². The third-order valence-electron chi connectivity index (χ3n) is 4.68. The molecule has 150 valence electrons. The molecule has 3 aromatic rings. The summed E-state index contributed by atoms with van der Waals surface area (Å²) in [5.74, 6) is -0.238. The molecule has 0 N–H and O–H groups in total. The SMILES string of the molecule is O=C(c1cccs1)N1CCN(C(=O)c2cc(COc3ccccc3F)cs2)CC1. The number of amides is 2. The van der Waals surface area contributed by atoms with E-state index in [2.05, 4.69) is 0 Å². The number of hydrogen-bond acceptors (Lipinski definition) is 5. The van der Waals surface area contributed by atoms with Crippen LogP contribution in [0.15, 0.2) is 53.2 Å². The first-order chi connectivity index (χ1) is 14.1. The molecule has 1 aliphatic rings. The lowest BCUT2D eigenvalue weighted by Gasteiger charge is -2.34. The fourth-order valence-electron chi connectivity index (χ4n) is 3.11. The Bertz CT molecular complexity index is 995. The molecular weight excluding hydrogens is 411 g/mol.